The van der Waals surface area contributed by atoms with Gasteiger partial charge in [-0.2, -0.15) is 0 Å². The second-order valence-electron chi connectivity index (χ2n) is 5.22. The topological polar surface area (TPSA) is 92.3 Å². The number of nitrogens with one attached hydrogen (secondary N) is 2. The number of amides is 4. The zero-order valence-electron chi connectivity index (χ0n) is 10.8. The first kappa shape index (κ1) is 12.5. The second-order valence-corrected chi connectivity index (χ2v) is 5.22. The highest BCUT2D eigenvalue weighted by Gasteiger charge is 2.44. The maximum Gasteiger partial charge on any atom is 0.259 e. The molecular formula is C14H12N2O4. The number of fused-ring (bicyclic) bond motifs is 1. The van der Waals surface area contributed by atoms with Crippen LogP contribution in [0.3, 0.4) is 0 Å². The minimum absolute atomic E-state index is 0.210. The van der Waals surface area contributed by atoms with Gasteiger partial charge in [-0.15, -0.1) is 0 Å². The molecule has 2 N–H and O–H groups in total. The Morgan fingerprint density at radius 3 is 2.50 bits per heavy atom. The maximum absolute atomic E-state index is 12.2. The van der Waals surface area contributed by atoms with E-state index < -0.39 is 23.1 Å². The summed E-state index contributed by atoms with van der Waals surface area (Å²) in [4.78, 5) is 47.0. The summed E-state index contributed by atoms with van der Waals surface area (Å²) < 4.78 is 0. The van der Waals surface area contributed by atoms with Gasteiger partial charge in [0.15, 0.2) is 0 Å². The number of hydrogen-bond donors (Lipinski definition) is 2. The number of carbonyl (C=O) groups is 4. The molecule has 2 aliphatic heterocycles. The Morgan fingerprint density at radius 2 is 1.80 bits per heavy atom. The number of benzene rings is 1. The fraction of sp³-hybridized carbons (Fsp3) is 0.286. The average molecular weight is 272 g/mol. The van der Waals surface area contributed by atoms with E-state index in [9.17, 15) is 19.2 Å². The van der Waals surface area contributed by atoms with Gasteiger partial charge in [0.2, 0.25) is 11.8 Å². The molecule has 3 rings (SSSR count). The van der Waals surface area contributed by atoms with E-state index in [1.54, 1.807) is 25.1 Å². The largest absolute Gasteiger partial charge is 0.296 e. The number of imide groups is 2. The van der Waals surface area contributed by atoms with Crippen molar-refractivity contribution in [2.75, 3.05) is 0 Å². The van der Waals surface area contributed by atoms with Crippen molar-refractivity contribution >= 4 is 23.6 Å². The summed E-state index contributed by atoms with van der Waals surface area (Å²) in [6.45, 7) is 1.68. The molecule has 0 aliphatic carbocycles. The third-order valence-corrected chi connectivity index (χ3v) is 3.96. The number of hydrogen-bond acceptors (Lipinski definition) is 4. The standard InChI is InChI=1S/C14H12N2O4/c1-14(6-5-9(17)15-13(14)20)8-4-2-3-7-10(8)12(19)16-11(7)18/h2-4H,5-6H2,1H3,(H,15,17,20)(H,16,18,19)/t14-/m0/s1. The van der Waals surface area contributed by atoms with Gasteiger partial charge in [-0.1, -0.05) is 12.1 Å². The highest BCUT2D eigenvalue weighted by Crippen LogP contribution is 2.36. The van der Waals surface area contributed by atoms with E-state index in [1.807, 2.05) is 0 Å². The van der Waals surface area contributed by atoms with Crippen molar-refractivity contribution in [3.63, 3.8) is 0 Å². The van der Waals surface area contributed by atoms with E-state index in [0.29, 0.717) is 12.0 Å². The zero-order valence-corrected chi connectivity index (χ0v) is 10.8. The molecule has 1 saturated heterocycles. The van der Waals surface area contributed by atoms with E-state index in [1.165, 1.54) is 0 Å². The van der Waals surface area contributed by atoms with Crippen LogP contribution in [-0.2, 0) is 15.0 Å². The van der Waals surface area contributed by atoms with Crippen molar-refractivity contribution in [1.82, 2.24) is 10.6 Å². The predicted octanol–water partition coefficient (Wildman–Crippen LogP) is 0.265. The average Bonchev–Trinajstić information content (AvgIpc) is 2.70. The number of piperidine rings is 1. The molecule has 0 bridgehead atoms. The lowest BCUT2D eigenvalue weighted by Crippen LogP contribution is -2.50. The lowest BCUT2D eigenvalue weighted by atomic mass is 9.73. The van der Waals surface area contributed by atoms with Crippen LogP contribution >= 0.6 is 0 Å². The highest BCUT2D eigenvalue weighted by atomic mass is 16.2. The quantitative estimate of drug-likeness (QED) is 0.717. The summed E-state index contributed by atoms with van der Waals surface area (Å²) in [7, 11) is 0. The van der Waals surface area contributed by atoms with Crippen molar-refractivity contribution < 1.29 is 19.2 Å². The first-order chi connectivity index (χ1) is 9.43. The Balaban J connectivity index is 2.17. The Labute approximate surface area is 114 Å². The Hall–Kier alpha value is -2.50. The molecule has 1 fully saturated rings. The third-order valence-electron chi connectivity index (χ3n) is 3.96. The molecule has 0 unspecified atom stereocenters. The van der Waals surface area contributed by atoms with Crippen molar-refractivity contribution in [2.45, 2.75) is 25.2 Å². The van der Waals surface area contributed by atoms with Gasteiger partial charge in [0, 0.05) is 6.42 Å². The minimum Gasteiger partial charge on any atom is -0.296 e. The van der Waals surface area contributed by atoms with Gasteiger partial charge in [-0.25, -0.2) is 0 Å². The van der Waals surface area contributed by atoms with E-state index in [0.717, 1.165) is 0 Å². The molecule has 6 heteroatoms. The molecule has 2 aliphatic rings. The number of carbonyl (C=O) groups excluding carboxylic acids is 4. The monoisotopic (exact) mass is 272 g/mol. The first-order valence-corrected chi connectivity index (χ1v) is 6.27. The predicted molar refractivity (Wildman–Crippen MR) is 68.0 cm³/mol. The van der Waals surface area contributed by atoms with Crippen LogP contribution in [0.4, 0.5) is 0 Å². The van der Waals surface area contributed by atoms with Crippen LogP contribution in [0.2, 0.25) is 0 Å². The van der Waals surface area contributed by atoms with Crippen LogP contribution in [-0.4, -0.2) is 23.6 Å². The normalized spacial score (nSPS) is 25.2. The van der Waals surface area contributed by atoms with E-state index in [2.05, 4.69) is 10.6 Å². The number of rotatable bonds is 1. The van der Waals surface area contributed by atoms with Gasteiger partial charge < -0.3 is 0 Å². The van der Waals surface area contributed by atoms with Crippen LogP contribution in [0.25, 0.3) is 0 Å². The Bertz CT molecular complexity index is 680. The van der Waals surface area contributed by atoms with Crippen molar-refractivity contribution in [1.29, 1.82) is 0 Å². The molecular weight excluding hydrogens is 260 g/mol. The fourth-order valence-electron chi connectivity index (χ4n) is 2.74. The molecule has 1 aromatic carbocycles. The van der Waals surface area contributed by atoms with Crippen LogP contribution in [0.5, 0.6) is 0 Å². The van der Waals surface area contributed by atoms with Gasteiger partial charge in [0.1, 0.15) is 0 Å². The third kappa shape index (κ3) is 1.57. The SMILES string of the molecule is C[C@@]1(c2cccc3c2C(=O)NC3=O)CCC(=O)NC1=O. The molecule has 0 spiro atoms. The summed E-state index contributed by atoms with van der Waals surface area (Å²) in [6, 6.07) is 4.85. The molecule has 4 amide bonds. The molecule has 1 atom stereocenters. The van der Waals surface area contributed by atoms with Crippen LogP contribution in [0, 0.1) is 0 Å². The fourth-order valence-corrected chi connectivity index (χ4v) is 2.74. The molecule has 0 aromatic heterocycles. The lowest BCUT2D eigenvalue weighted by molar-refractivity contribution is -0.137. The maximum atomic E-state index is 12.2. The minimum atomic E-state index is -0.985. The summed E-state index contributed by atoms with van der Waals surface area (Å²) in [5.41, 5.74) is 0.0209. The molecule has 0 saturated carbocycles. The van der Waals surface area contributed by atoms with E-state index in [-0.39, 0.29) is 23.5 Å². The highest BCUT2D eigenvalue weighted by molar-refractivity contribution is 6.23. The molecule has 1 aromatic rings. The second kappa shape index (κ2) is 4.00. The Kier molecular flexibility index (Phi) is 2.50. The van der Waals surface area contributed by atoms with Gasteiger partial charge in [-0.3, -0.25) is 29.8 Å². The summed E-state index contributed by atoms with van der Waals surface area (Å²) in [6.07, 6.45) is 0.525. The zero-order chi connectivity index (χ0) is 14.5. The van der Waals surface area contributed by atoms with Crippen molar-refractivity contribution in [3.8, 4) is 0 Å². The summed E-state index contributed by atoms with van der Waals surface area (Å²) in [5, 5.41) is 4.52. The van der Waals surface area contributed by atoms with Gasteiger partial charge in [0.25, 0.3) is 11.8 Å². The molecule has 20 heavy (non-hydrogen) atoms. The molecule has 6 nitrogen and oxygen atoms in total. The van der Waals surface area contributed by atoms with Gasteiger partial charge in [-0.05, 0) is 25.0 Å². The van der Waals surface area contributed by atoms with E-state index >= 15 is 0 Å². The smallest absolute Gasteiger partial charge is 0.259 e. The van der Waals surface area contributed by atoms with Gasteiger partial charge >= 0.3 is 0 Å². The Morgan fingerprint density at radius 1 is 1.05 bits per heavy atom. The van der Waals surface area contributed by atoms with Crippen LogP contribution in [0.1, 0.15) is 46.0 Å². The molecule has 102 valence electrons. The molecule has 0 radical (unpaired) electrons. The van der Waals surface area contributed by atoms with E-state index in [4.69, 9.17) is 0 Å². The summed E-state index contributed by atoms with van der Waals surface area (Å²) in [5.74, 6) is -1.70. The van der Waals surface area contributed by atoms with Crippen LogP contribution in [0.15, 0.2) is 18.2 Å². The lowest BCUT2D eigenvalue weighted by Gasteiger charge is -2.33. The first-order valence-electron chi connectivity index (χ1n) is 6.27. The van der Waals surface area contributed by atoms with Gasteiger partial charge in [0.05, 0.1) is 16.5 Å². The van der Waals surface area contributed by atoms with Crippen LogP contribution < -0.4 is 10.6 Å². The molecule has 2 heterocycles. The summed E-state index contributed by atoms with van der Waals surface area (Å²) >= 11 is 0. The van der Waals surface area contributed by atoms with Crippen molar-refractivity contribution in [3.05, 3.63) is 34.9 Å². The van der Waals surface area contributed by atoms with Crippen molar-refractivity contribution in [2.24, 2.45) is 0 Å².